The van der Waals surface area contributed by atoms with Gasteiger partial charge in [-0.3, -0.25) is 4.99 Å². The first-order valence-electron chi connectivity index (χ1n) is 9.10. The average molecular weight is 456 g/mol. The Kier molecular flexibility index (Phi) is 17.4. The lowest BCUT2D eigenvalue weighted by molar-refractivity contribution is 0.283. The van der Waals surface area contributed by atoms with E-state index < -0.39 is 0 Å². The van der Waals surface area contributed by atoms with Gasteiger partial charge in [0.2, 0.25) is 0 Å². The molecule has 0 aromatic rings. The summed E-state index contributed by atoms with van der Waals surface area (Å²) < 4.78 is 0. The van der Waals surface area contributed by atoms with Crippen molar-refractivity contribution in [2.75, 3.05) is 51.3 Å². The van der Waals surface area contributed by atoms with Crippen molar-refractivity contribution in [3.63, 3.8) is 0 Å². The van der Waals surface area contributed by atoms with Crippen LogP contribution < -0.4 is 10.6 Å². The van der Waals surface area contributed by atoms with Gasteiger partial charge in [-0.05, 0) is 70.7 Å². The normalized spacial score (nSPS) is 16.5. The lowest BCUT2D eigenvalue weighted by atomic mass is 10.2. The molecule has 0 spiro atoms. The fourth-order valence-corrected chi connectivity index (χ4v) is 3.26. The van der Waals surface area contributed by atoms with E-state index in [-0.39, 0.29) is 24.0 Å². The highest BCUT2D eigenvalue weighted by atomic mass is 127. The maximum atomic E-state index is 4.70. The van der Waals surface area contributed by atoms with Crippen molar-refractivity contribution in [3.8, 4) is 0 Å². The van der Waals surface area contributed by atoms with Gasteiger partial charge in [0, 0.05) is 19.6 Å². The number of hydrogen-bond donors (Lipinski definition) is 2. The Morgan fingerprint density at radius 1 is 1.04 bits per heavy atom. The molecule has 1 heterocycles. The van der Waals surface area contributed by atoms with Crippen LogP contribution in [0.25, 0.3) is 0 Å². The minimum atomic E-state index is 0. The second kappa shape index (κ2) is 17.1. The SMILES string of the molecule is CCNC(=NCCCN1CCCCCC1)NCCCCSC.I. The molecule has 0 unspecified atom stereocenters. The number of aliphatic imine (C=N–C) groups is 1. The van der Waals surface area contributed by atoms with Crippen LogP contribution in [0.15, 0.2) is 4.99 Å². The van der Waals surface area contributed by atoms with Gasteiger partial charge in [-0.1, -0.05) is 12.8 Å². The maximum absolute atomic E-state index is 4.70. The molecule has 23 heavy (non-hydrogen) atoms. The molecule has 0 bridgehead atoms. The first-order valence-corrected chi connectivity index (χ1v) is 10.5. The molecule has 0 radical (unpaired) electrons. The van der Waals surface area contributed by atoms with E-state index in [0.29, 0.717) is 0 Å². The van der Waals surface area contributed by atoms with Crippen LogP contribution in [0, 0.1) is 0 Å². The molecule has 0 atom stereocenters. The Labute approximate surface area is 165 Å². The number of nitrogens with one attached hydrogen (secondary N) is 2. The highest BCUT2D eigenvalue weighted by Gasteiger charge is 2.07. The minimum Gasteiger partial charge on any atom is -0.357 e. The minimum absolute atomic E-state index is 0. The zero-order valence-corrected chi connectivity index (χ0v) is 18.3. The third kappa shape index (κ3) is 13.3. The number of nitrogens with zero attached hydrogens (tertiary/aromatic N) is 2. The highest BCUT2D eigenvalue weighted by Crippen LogP contribution is 2.09. The van der Waals surface area contributed by atoms with Gasteiger partial charge in [-0.25, -0.2) is 0 Å². The molecule has 1 fully saturated rings. The van der Waals surface area contributed by atoms with Gasteiger partial charge in [-0.2, -0.15) is 11.8 Å². The summed E-state index contributed by atoms with van der Waals surface area (Å²) >= 11 is 1.92. The predicted molar refractivity (Wildman–Crippen MR) is 117 cm³/mol. The quantitative estimate of drug-likeness (QED) is 0.228. The van der Waals surface area contributed by atoms with Crippen molar-refractivity contribution in [2.24, 2.45) is 4.99 Å². The number of hydrogen-bond acceptors (Lipinski definition) is 3. The van der Waals surface area contributed by atoms with Crippen LogP contribution in [0.1, 0.15) is 51.9 Å². The maximum Gasteiger partial charge on any atom is 0.191 e. The number of likely N-dealkylation sites (tertiary alicyclic amines) is 1. The molecule has 0 aromatic carbocycles. The molecule has 1 aliphatic heterocycles. The molecule has 0 aliphatic carbocycles. The second-order valence-corrected chi connectivity index (χ2v) is 6.98. The largest absolute Gasteiger partial charge is 0.357 e. The number of unbranched alkanes of at least 4 members (excludes halogenated alkanes) is 1. The molecule has 0 aromatic heterocycles. The van der Waals surface area contributed by atoms with Crippen LogP contribution in [0.4, 0.5) is 0 Å². The summed E-state index contributed by atoms with van der Waals surface area (Å²) in [6.45, 7) is 8.80. The van der Waals surface area contributed by atoms with E-state index in [4.69, 9.17) is 4.99 Å². The van der Waals surface area contributed by atoms with Crippen LogP contribution >= 0.6 is 35.7 Å². The van der Waals surface area contributed by atoms with Gasteiger partial charge in [0.05, 0.1) is 0 Å². The summed E-state index contributed by atoms with van der Waals surface area (Å²) in [7, 11) is 0. The summed E-state index contributed by atoms with van der Waals surface area (Å²) in [5, 5.41) is 6.79. The number of guanidine groups is 1. The van der Waals surface area contributed by atoms with E-state index in [1.54, 1.807) is 0 Å². The molecule has 138 valence electrons. The lowest BCUT2D eigenvalue weighted by Crippen LogP contribution is -2.38. The molecule has 1 rings (SSSR count). The monoisotopic (exact) mass is 456 g/mol. The lowest BCUT2D eigenvalue weighted by Gasteiger charge is -2.19. The molecule has 0 amide bonds. The van der Waals surface area contributed by atoms with Crippen molar-refractivity contribution < 1.29 is 0 Å². The Bertz CT molecular complexity index is 282. The zero-order valence-electron chi connectivity index (χ0n) is 15.1. The second-order valence-electron chi connectivity index (χ2n) is 6.00. The zero-order chi connectivity index (χ0) is 15.9. The van der Waals surface area contributed by atoms with Crippen LogP contribution in [-0.4, -0.2) is 62.1 Å². The molecule has 1 saturated heterocycles. The molecule has 1 aliphatic rings. The predicted octanol–water partition coefficient (Wildman–Crippen LogP) is 3.57. The van der Waals surface area contributed by atoms with Crippen LogP contribution in [0.5, 0.6) is 0 Å². The Hall–Kier alpha value is 0.310. The van der Waals surface area contributed by atoms with Crippen molar-refractivity contribution in [1.29, 1.82) is 0 Å². The van der Waals surface area contributed by atoms with Crippen LogP contribution in [-0.2, 0) is 0 Å². The number of halogens is 1. The fraction of sp³-hybridized carbons (Fsp3) is 0.941. The van der Waals surface area contributed by atoms with Gasteiger partial charge >= 0.3 is 0 Å². The third-order valence-corrected chi connectivity index (χ3v) is 4.71. The van der Waals surface area contributed by atoms with Gasteiger partial charge < -0.3 is 15.5 Å². The van der Waals surface area contributed by atoms with Crippen molar-refractivity contribution in [1.82, 2.24) is 15.5 Å². The Balaban J connectivity index is 0.00000484. The van der Waals surface area contributed by atoms with Gasteiger partial charge in [0.25, 0.3) is 0 Å². The van der Waals surface area contributed by atoms with Gasteiger partial charge in [0.15, 0.2) is 5.96 Å². The first kappa shape index (κ1) is 23.3. The molecule has 2 N–H and O–H groups in total. The molecule has 0 saturated carbocycles. The van der Waals surface area contributed by atoms with E-state index in [1.165, 1.54) is 70.3 Å². The number of rotatable bonds is 10. The molecule has 4 nitrogen and oxygen atoms in total. The summed E-state index contributed by atoms with van der Waals surface area (Å²) in [6.07, 6.45) is 11.4. The Morgan fingerprint density at radius 3 is 2.43 bits per heavy atom. The highest BCUT2D eigenvalue weighted by molar-refractivity contribution is 14.0. The molecular formula is C17H37IN4S. The van der Waals surface area contributed by atoms with Gasteiger partial charge in [-0.15, -0.1) is 24.0 Å². The fourth-order valence-electron chi connectivity index (χ4n) is 2.76. The number of thioether (sulfide) groups is 1. The van der Waals surface area contributed by atoms with E-state index in [9.17, 15) is 0 Å². The summed E-state index contributed by atoms with van der Waals surface area (Å²) in [5.41, 5.74) is 0. The van der Waals surface area contributed by atoms with Crippen molar-refractivity contribution >= 4 is 41.7 Å². The summed E-state index contributed by atoms with van der Waals surface area (Å²) in [6, 6.07) is 0. The Morgan fingerprint density at radius 2 is 1.78 bits per heavy atom. The van der Waals surface area contributed by atoms with Crippen molar-refractivity contribution in [3.05, 3.63) is 0 Å². The third-order valence-electron chi connectivity index (χ3n) is 4.01. The van der Waals surface area contributed by atoms with Gasteiger partial charge in [0.1, 0.15) is 0 Å². The molecular weight excluding hydrogens is 419 g/mol. The topological polar surface area (TPSA) is 39.7 Å². The van der Waals surface area contributed by atoms with Crippen LogP contribution in [0.3, 0.4) is 0 Å². The summed E-state index contributed by atoms with van der Waals surface area (Å²) in [4.78, 5) is 7.32. The van der Waals surface area contributed by atoms with E-state index in [2.05, 4.69) is 28.7 Å². The standard InChI is InChI=1S/C17H36N4S.HI/c1-3-18-17(19-11-6-9-16-22-2)20-12-10-15-21-13-7-4-5-8-14-21;/h3-16H2,1-2H3,(H2,18,19,20);1H. The first-order chi connectivity index (χ1) is 10.9. The molecule has 6 heteroatoms. The van der Waals surface area contributed by atoms with E-state index in [0.717, 1.165) is 25.6 Å². The van der Waals surface area contributed by atoms with E-state index in [1.807, 2.05) is 11.8 Å². The summed E-state index contributed by atoms with van der Waals surface area (Å²) in [5.74, 6) is 2.24. The van der Waals surface area contributed by atoms with Crippen LogP contribution in [0.2, 0.25) is 0 Å². The van der Waals surface area contributed by atoms with E-state index >= 15 is 0 Å². The van der Waals surface area contributed by atoms with Crippen molar-refractivity contribution in [2.45, 2.75) is 51.9 Å². The smallest absolute Gasteiger partial charge is 0.191 e. The average Bonchev–Trinajstić information content (AvgIpc) is 2.80.